The SMILES string of the molecule is CC(=O)Nc1nc(C(=O)OCC(=O)Nc2ccc(C)cc2Br)cs1. The van der Waals surface area contributed by atoms with Crippen molar-refractivity contribution in [3.63, 3.8) is 0 Å². The van der Waals surface area contributed by atoms with E-state index in [1.54, 1.807) is 6.07 Å². The van der Waals surface area contributed by atoms with Gasteiger partial charge in [0, 0.05) is 16.8 Å². The van der Waals surface area contributed by atoms with Crippen molar-refractivity contribution in [2.75, 3.05) is 17.2 Å². The molecule has 0 aliphatic heterocycles. The Hall–Kier alpha value is -2.26. The number of esters is 1. The summed E-state index contributed by atoms with van der Waals surface area (Å²) in [5, 5.41) is 6.84. The van der Waals surface area contributed by atoms with E-state index in [-0.39, 0.29) is 11.6 Å². The molecule has 7 nitrogen and oxygen atoms in total. The van der Waals surface area contributed by atoms with Crippen LogP contribution < -0.4 is 10.6 Å². The highest BCUT2D eigenvalue weighted by atomic mass is 79.9. The molecule has 0 bridgehead atoms. The summed E-state index contributed by atoms with van der Waals surface area (Å²) < 4.78 is 5.65. The maximum absolute atomic E-state index is 11.9. The van der Waals surface area contributed by atoms with Gasteiger partial charge in [0.15, 0.2) is 17.4 Å². The molecular weight excluding hydrogens is 398 g/mol. The Bertz CT molecular complexity index is 791. The molecular formula is C15H14BrN3O4S. The number of hydrogen-bond donors (Lipinski definition) is 2. The van der Waals surface area contributed by atoms with Crippen LogP contribution in [0.15, 0.2) is 28.1 Å². The molecule has 0 saturated carbocycles. The Morgan fingerprint density at radius 1 is 1.29 bits per heavy atom. The summed E-state index contributed by atoms with van der Waals surface area (Å²) in [7, 11) is 0. The predicted molar refractivity (Wildman–Crippen MR) is 94.2 cm³/mol. The lowest BCUT2D eigenvalue weighted by Gasteiger charge is -2.08. The van der Waals surface area contributed by atoms with Crippen molar-refractivity contribution in [2.45, 2.75) is 13.8 Å². The monoisotopic (exact) mass is 411 g/mol. The van der Waals surface area contributed by atoms with Crippen LogP contribution in [0.4, 0.5) is 10.8 Å². The number of hydrogen-bond acceptors (Lipinski definition) is 6. The van der Waals surface area contributed by atoms with E-state index in [1.165, 1.54) is 12.3 Å². The first-order valence-electron chi connectivity index (χ1n) is 6.81. The van der Waals surface area contributed by atoms with Crippen LogP contribution in [0, 0.1) is 6.92 Å². The van der Waals surface area contributed by atoms with Crippen LogP contribution in [0.2, 0.25) is 0 Å². The second-order valence-corrected chi connectivity index (χ2v) is 6.54. The summed E-state index contributed by atoms with van der Waals surface area (Å²) in [5.74, 6) is -1.49. The molecule has 9 heteroatoms. The number of nitrogens with one attached hydrogen (secondary N) is 2. The van der Waals surface area contributed by atoms with E-state index in [4.69, 9.17) is 4.74 Å². The van der Waals surface area contributed by atoms with Crippen molar-refractivity contribution in [3.05, 3.63) is 39.3 Å². The molecule has 1 heterocycles. The molecule has 0 aliphatic carbocycles. The summed E-state index contributed by atoms with van der Waals surface area (Å²) in [6.45, 7) is 2.83. The average Bonchev–Trinajstić information content (AvgIpc) is 2.95. The molecule has 0 radical (unpaired) electrons. The van der Waals surface area contributed by atoms with Gasteiger partial charge in [-0.25, -0.2) is 9.78 Å². The first-order chi connectivity index (χ1) is 11.3. The summed E-state index contributed by atoms with van der Waals surface area (Å²) in [6, 6.07) is 5.46. The zero-order valence-electron chi connectivity index (χ0n) is 12.9. The third kappa shape index (κ3) is 5.14. The fourth-order valence-corrected chi connectivity index (χ4v) is 3.01. The van der Waals surface area contributed by atoms with E-state index in [0.717, 1.165) is 21.4 Å². The molecule has 0 unspecified atom stereocenters. The number of halogens is 1. The lowest BCUT2D eigenvalue weighted by atomic mass is 10.2. The van der Waals surface area contributed by atoms with Crippen molar-refractivity contribution in [2.24, 2.45) is 0 Å². The highest BCUT2D eigenvalue weighted by Crippen LogP contribution is 2.23. The number of amides is 2. The number of aromatic nitrogens is 1. The Kier molecular flexibility index (Phi) is 6.04. The van der Waals surface area contributed by atoms with E-state index in [2.05, 4.69) is 31.5 Å². The van der Waals surface area contributed by atoms with E-state index in [0.29, 0.717) is 10.8 Å². The zero-order valence-corrected chi connectivity index (χ0v) is 15.3. The Morgan fingerprint density at radius 2 is 2.04 bits per heavy atom. The number of carbonyl (C=O) groups is 3. The number of nitrogens with zero attached hydrogens (tertiary/aromatic N) is 1. The molecule has 0 aliphatic rings. The van der Waals surface area contributed by atoms with E-state index in [9.17, 15) is 14.4 Å². The lowest BCUT2D eigenvalue weighted by Crippen LogP contribution is -2.21. The number of carbonyl (C=O) groups excluding carboxylic acids is 3. The van der Waals surface area contributed by atoms with Crippen molar-refractivity contribution in [3.8, 4) is 0 Å². The molecule has 1 aromatic carbocycles. The second kappa shape index (κ2) is 8.02. The Labute approximate surface area is 150 Å². The number of aryl methyl sites for hydroxylation is 1. The summed E-state index contributed by atoms with van der Waals surface area (Å²) >= 11 is 4.44. The fourth-order valence-electron chi connectivity index (χ4n) is 1.69. The van der Waals surface area contributed by atoms with Crippen LogP contribution in [-0.4, -0.2) is 29.4 Å². The van der Waals surface area contributed by atoms with Crippen molar-refractivity contribution in [1.82, 2.24) is 4.98 Å². The van der Waals surface area contributed by atoms with Crippen LogP contribution in [0.1, 0.15) is 23.0 Å². The van der Waals surface area contributed by atoms with Crippen molar-refractivity contribution in [1.29, 1.82) is 0 Å². The zero-order chi connectivity index (χ0) is 17.7. The molecule has 126 valence electrons. The molecule has 2 N–H and O–H groups in total. The second-order valence-electron chi connectivity index (χ2n) is 4.83. The normalized spacial score (nSPS) is 10.1. The maximum atomic E-state index is 11.9. The third-order valence-electron chi connectivity index (χ3n) is 2.73. The minimum Gasteiger partial charge on any atom is -0.451 e. The minimum atomic E-state index is -0.735. The van der Waals surface area contributed by atoms with E-state index < -0.39 is 18.5 Å². The van der Waals surface area contributed by atoms with Gasteiger partial charge in [-0.05, 0) is 40.5 Å². The molecule has 1 aromatic heterocycles. The highest BCUT2D eigenvalue weighted by molar-refractivity contribution is 9.10. The van der Waals surface area contributed by atoms with Gasteiger partial charge in [-0.3, -0.25) is 9.59 Å². The van der Waals surface area contributed by atoms with Crippen LogP contribution in [0.3, 0.4) is 0 Å². The van der Waals surface area contributed by atoms with Gasteiger partial charge in [-0.15, -0.1) is 11.3 Å². The van der Waals surface area contributed by atoms with Gasteiger partial charge in [-0.1, -0.05) is 6.07 Å². The van der Waals surface area contributed by atoms with Crippen LogP contribution >= 0.6 is 27.3 Å². The molecule has 0 atom stereocenters. The summed E-state index contributed by atoms with van der Waals surface area (Å²) in [4.78, 5) is 38.5. The molecule has 2 aromatic rings. The molecule has 24 heavy (non-hydrogen) atoms. The molecule has 2 rings (SSSR count). The van der Waals surface area contributed by atoms with Gasteiger partial charge in [0.2, 0.25) is 5.91 Å². The number of anilines is 2. The van der Waals surface area contributed by atoms with Crippen molar-refractivity contribution >= 4 is 55.9 Å². The maximum Gasteiger partial charge on any atom is 0.358 e. The Morgan fingerprint density at radius 3 is 2.71 bits per heavy atom. The largest absolute Gasteiger partial charge is 0.451 e. The first kappa shape index (κ1) is 18.1. The van der Waals surface area contributed by atoms with Crippen LogP contribution in [0.25, 0.3) is 0 Å². The number of benzene rings is 1. The quantitative estimate of drug-likeness (QED) is 0.736. The standard InChI is InChI=1S/C15H14BrN3O4S/c1-8-3-4-11(10(16)5-8)18-13(21)6-23-14(22)12-7-24-15(19-12)17-9(2)20/h3-5,7H,6H2,1-2H3,(H,18,21)(H,17,19,20). The van der Waals surface area contributed by atoms with Crippen LogP contribution in [0.5, 0.6) is 0 Å². The van der Waals surface area contributed by atoms with Crippen LogP contribution in [-0.2, 0) is 14.3 Å². The first-order valence-corrected chi connectivity index (χ1v) is 8.48. The van der Waals surface area contributed by atoms with Gasteiger partial charge in [0.25, 0.3) is 5.91 Å². The topological polar surface area (TPSA) is 97.4 Å². The van der Waals surface area contributed by atoms with Gasteiger partial charge < -0.3 is 15.4 Å². The fraction of sp³-hybridized carbons (Fsp3) is 0.200. The van der Waals surface area contributed by atoms with E-state index >= 15 is 0 Å². The molecule has 0 fully saturated rings. The predicted octanol–water partition coefficient (Wildman–Crippen LogP) is 2.97. The molecule has 0 saturated heterocycles. The third-order valence-corrected chi connectivity index (χ3v) is 4.14. The highest BCUT2D eigenvalue weighted by Gasteiger charge is 2.15. The lowest BCUT2D eigenvalue weighted by molar-refractivity contribution is -0.119. The van der Waals surface area contributed by atoms with E-state index in [1.807, 2.05) is 19.1 Å². The smallest absolute Gasteiger partial charge is 0.358 e. The van der Waals surface area contributed by atoms with Gasteiger partial charge >= 0.3 is 5.97 Å². The van der Waals surface area contributed by atoms with Gasteiger partial charge in [0.1, 0.15) is 0 Å². The average molecular weight is 412 g/mol. The summed E-state index contributed by atoms with van der Waals surface area (Å²) in [5.41, 5.74) is 1.67. The number of ether oxygens (including phenoxy) is 1. The Balaban J connectivity index is 1.88. The molecule has 2 amide bonds. The number of thiazole rings is 1. The van der Waals surface area contributed by atoms with Gasteiger partial charge in [-0.2, -0.15) is 0 Å². The molecule has 0 spiro atoms. The van der Waals surface area contributed by atoms with Gasteiger partial charge in [0.05, 0.1) is 5.69 Å². The minimum absolute atomic E-state index is 0.0352. The number of rotatable bonds is 5. The van der Waals surface area contributed by atoms with Crippen molar-refractivity contribution < 1.29 is 19.1 Å². The summed E-state index contributed by atoms with van der Waals surface area (Å²) in [6.07, 6.45) is 0.